The molecule has 0 aromatic rings. The van der Waals surface area contributed by atoms with Crippen molar-refractivity contribution in [3.05, 3.63) is 48.7 Å². The fourth-order valence-corrected chi connectivity index (χ4v) is 2.70. The summed E-state index contributed by atoms with van der Waals surface area (Å²) < 4.78 is 118. The maximum atomic E-state index is 10.7. The molecule has 2 aliphatic rings. The van der Waals surface area contributed by atoms with E-state index in [2.05, 4.69) is 77.3 Å². The van der Waals surface area contributed by atoms with Crippen LogP contribution in [0.3, 0.4) is 0 Å². The Morgan fingerprint density at radius 2 is 0.850 bits per heavy atom. The minimum Gasteiger partial charge on any atom is -0.741 e. The Labute approximate surface area is 248 Å². The summed E-state index contributed by atoms with van der Waals surface area (Å²) in [6.45, 7) is 21.0. The Bertz CT molecular complexity index is 830. The quantitative estimate of drug-likeness (QED) is 0.189. The van der Waals surface area contributed by atoms with Crippen molar-refractivity contribution in [2.45, 2.75) is 85.2 Å². The second-order valence-corrected chi connectivity index (χ2v) is 11.2. The first-order chi connectivity index (χ1) is 17.4. The average Bonchev–Trinajstić information content (AvgIpc) is 3.30. The molecule has 0 aromatic heterocycles. The molecule has 1 aliphatic heterocycles. The topological polar surface area (TPSA) is 121 Å². The van der Waals surface area contributed by atoms with Crippen LogP contribution in [0, 0.1) is 36.3 Å². The number of alkyl halides is 6. The van der Waals surface area contributed by atoms with Crippen LogP contribution in [-0.4, -0.2) is 59.8 Å². The van der Waals surface area contributed by atoms with E-state index in [1.165, 1.54) is 55.3 Å². The third-order valence-electron chi connectivity index (χ3n) is 5.57. The monoisotopic (exact) mass is 806 g/mol. The van der Waals surface area contributed by atoms with E-state index in [1.54, 1.807) is 0 Å². The van der Waals surface area contributed by atoms with E-state index in [9.17, 15) is 26.3 Å². The molecule has 0 amide bonds. The van der Waals surface area contributed by atoms with Crippen LogP contribution in [0.25, 0.3) is 0 Å². The van der Waals surface area contributed by atoms with Crippen LogP contribution in [0.5, 0.6) is 0 Å². The van der Waals surface area contributed by atoms with Crippen molar-refractivity contribution in [3.8, 4) is 0 Å². The third-order valence-corrected chi connectivity index (χ3v) is 6.70. The Kier molecular flexibility index (Phi) is 20.6. The summed E-state index contributed by atoms with van der Waals surface area (Å²) in [7, 11) is -12.2. The summed E-state index contributed by atoms with van der Waals surface area (Å²) in [5.74, 6) is 7.34. The first-order valence-corrected chi connectivity index (χ1v) is 14.5. The molecule has 1 saturated carbocycles. The standard InChI is InChI=1S/C11H20N2.C10H15.2CHF3O3S.Ir/c1-3-5-7-12-9-10-13(11-12)8-6-4-2;1-6-7(2)9(4)10(5)8(6)3;2*2-1(3,4)8(5,6)7;/h9-10H,3-8H2,1-2H3;1-5H3;2*(H,5,6,7);/q;;;;+3/p-2. The molecule has 1 fully saturated rings. The maximum absolute atomic E-state index is 10.7. The van der Waals surface area contributed by atoms with Crippen molar-refractivity contribution in [1.29, 1.82) is 0 Å². The van der Waals surface area contributed by atoms with Gasteiger partial charge in [-0.05, 0) is 42.4 Å². The van der Waals surface area contributed by atoms with Crippen LogP contribution in [-0.2, 0) is 40.3 Å². The predicted molar refractivity (Wildman–Crippen MR) is 132 cm³/mol. The summed E-state index contributed by atoms with van der Waals surface area (Å²) >= 11 is 0. The number of unbranched alkanes of at least 4 members (excludes halogenated alkanes) is 2. The zero-order valence-electron chi connectivity index (χ0n) is 23.2. The van der Waals surface area contributed by atoms with Crippen molar-refractivity contribution >= 4 is 20.2 Å². The molecule has 0 unspecified atom stereocenters. The SMILES string of the molecule is CCCCN1[C]N(CCCC)C=C1.C[C]1[C](C)[C](C)[C](C)[C]1C.O=S(=O)([O-])C(F)(F)F.O=S(=O)([O-])C(F)(F)F.[Ir+3]. The van der Waals surface area contributed by atoms with Gasteiger partial charge in [0.25, 0.3) is 0 Å². The first kappa shape index (κ1) is 43.8. The molecule has 17 heteroatoms. The van der Waals surface area contributed by atoms with Gasteiger partial charge in [0.05, 0.1) is 0 Å². The van der Waals surface area contributed by atoms with Crippen molar-refractivity contribution in [3.63, 3.8) is 0 Å². The Balaban J connectivity index is -0.000000463. The van der Waals surface area contributed by atoms with Gasteiger partial charge in [-0.25, -0.2) is 16.8 Å². The fraction of sp³-hybridized carbons (Fsp3) is 0.652. The van der Waals surface area contributed by atoms with E-state index in [-0.39, 0.29) is 20.1 Å². The molecular formula is C23H35F6IrN2O6S2+. The van der Waals surface area contributed by atoms with E-state index in [0.29, 0.717) is 0 Å². The van der Waals surface area contributed by atoms with Crippen molar-refractivity contribution < 1.29 is 72.4 Å². The van der Waals surface area contributed by atoms with Crippen LogP contribution in [0.15, 0.2) is 12.4 Å². The molecule has 0 N–H and O–H groups in total. The van der Waals surface area contributed by atoms with E-state index in [4.69, 9.17) is 25.9 Å². The van der Waals surface area contributed by atoms with E-state index >= 15 is 0 Å². The smallest absolute Gasteiger partial charge is 0.741 e. The van der Waals surface area contributed by atoms with E-state index in [0.717, 1.165) is 13.1 Å². The predicted octanol–water partition coefficient (Wildman–Crippen LogP) is 5.74. The minimum absolute atomic E-state index is 0. The van der Waals surface area contributed by atoms with Gasteiger partial charge in [-0.15, -0.1) is 0 Å². The van der Waals surface area contributed by atoms with E-state index in [1.807, 2.05) is 0 Å². The molecule has 1 heterocycles. The van der Waals surface area contributed by atoms with Gasteiger partial charge in [-0.2, -0.15) is 26.3 Å². The fourth-order valence-electron chi connectivity index (χ4n) is 2.70. The molecule has 7 radical (unpaired) electrons. The average molecular weight is 806 g/mol. The van der Waals surface area contributed by atoms with Gasteiger partial charge in [0.1, 0.15) is 0 Å². The van der Waals surface area contributed by atoms with Crippen molar-refractivity contribution in [2.24, 2.45) is 0 Å². The molecule has 0 bridgehead atoms. The molecule has 0 aromatic carbocycles. The number of hydrogen-bond donors (Lipinski definition) is 0. The maximum Gasteiger partial charge on any atom is 3.00 e. The van der Waals surface area contributed by atoms with E-state index < -0.39 is 31.3 Å². The number of nitrogens with zero attached hydrogens (tertiary/aromatic N) is 2. The molecule has 0 saturated heterocycles. The second-order valence-electron chi connectivity index (χ2n) is 8.42. The number of hydrogen-bond acceptors (Lipinski definition) is 8. The zero-order chi connectivity index (χ0) is 31.4. The van der Waals surface area contributed by atoms with Gasteiger partial charge in [0, 0.05) is 25.5 Å². The molecule has 0 atom stereocenters. The van der Waals surface area contributed by atoms with Crippen LogP contribution < -0.4 is 0 Å². The molecule has 0 spiro atoms. The van der Waals surface area contributed by atoms with Gasteiger partial charge in [0.2, 0.25) is 6.67 Å². The zero-order valence-corrected chi connectivity index (χ0v) is 27.2. The Hall–Kier alpha value is -0.611. The van der Waals surface area contributed by atoms with Crippen molar-refractivity contribution in [1.82, 2.24) is 9.80 Å². The normalized spacial score (nSPS) is 17.9. The molecule has 8 nitrogen and oxygen atoms in total. The van der Waals surface area contributed by atoms with Gasteiger partial charge < -0.3 is 18.9 Å². The summed E-state index contributed by atoms with van der Waals surface area (Å²) in [5.41, 5.74) is -11.3. The Morgan fingerprint density at radius 3 is 1.00 bits per heavy atom. The van der Waals surface area contributed by atoms with Gasteiger partial charge in [-0.3, -0.25) is 0 Å². The van der Waals surface area contributed by atoms with Gasteiger partial charge >= 0.3 is 31.1 Å². The molecule has 235 valence electrons. The van der Waals surface area contributed by atoms with Crippen molar-refractivity contribution in [2.75, 3.05) is 13.1 Å². The minimum atomic E-state index is -6.09. The molecule has 40 heavy (non-hydrogen) atoms. The molecular weight excluding hydrogens is 771 g/mol. The molecule has 2 rings (SSSR count). The number of rotatable bonds is 6. The largest absolute Gasteiger partial charge is 3.00 e. The third kappa shape index (κ3) is 16.7. The number of halogens is 6. The van der Waals surface area contributed by atoms with Gasteiger partial charge in [0.15, 0.2) is 20.2 Å². The second kappa shape index (κ2) is 18.8. The van der Waals surface area contributed by atoms with Gasteiger partial charge in [-0.1, -0.05) is 61.3 Å². The summed E-state index contributed by atoms with van der Waals surface area (Å²) in [6, 6.07) is 0. The first-order valence-electron chi connectivity index (χ1n) is 11.6. The summed E-state index contributed by atoms with van der Waals surface area (Å²) in [5, 5.41) is 0. The van der Waals surface area contributed by atoms with Crippen LogP contribution >= 0.6 is 0 Å². The van der Waals surface area contributed by atoms with Crippen LogP contribution in [0.4, 0.5) is 26.3 Å². The molecule has 1 aliphatic carbocycles. The Morgan fingerprint density at radius 1 is 0.650 bits per heavy atom. The van der Waals surface area contributed by atoms with Crippen LogP contribution in [0.1, 0.15) is 74.1 Å². The summed E-state index contributed by atoms with van der Waals surface area (Å²) in [6.07, 6.45) is 9.23. The van der Waals surface area contributed by atoms with Crippen LogP contribution in [0.2, 0.25) is 0 Å². The summed E-state index contributed by atoms with van der Waals surface area (Å²) in [4.78, 5) is 4.30.